The minimum Gasteiger partial charge on any atom is -0.370 e. The average molecular weight is 311 g/mol. The third-order valence-corrected chi connectivity index (χ3v) is 4.09. The highest BCUT2D eigenvalue weighted by molar-refractivity contribution is 5.60. The second kappa shape index (κ2) is 6.61. The molecule has 0 unspecified atom stereocenters. The first-order valence-corrected chi connectivity index (χ1v) is 7.66. The van der Waals surface area contributed by atoms with Gasteiger partial charge in [0.25, 0.3) is 0 Å². The van der Waals surface area contributed by atoms with Gasteiger partial charge in [-0.1, -0.05) is 6.07 Å². The summed E-state index contributed by atoms with van der Waals surface area (Å²) in [5.41, 5.74) is 1.74. The van der Waals surface area contributed by atoms with Crippen molar-refractivity contribution in [1.82, 2.24) is 9.97 Å². The lowest BCUT2D eigenvalue weighted by atomic mass is 10.0. The van der Waals surface area contributed by atoms with Crippen molar-refractivity contribution >= 4 is 11.5 Å². The molecule has 1 aromatic heterocycles. The lowest BCUT2D eigenvalue weighted by Gasteiger charge is -2.34. The molecule has 1 aliphatic heterocycles. The summed E-state index contributed by atoms with van der Waals surface area (Å²) in [6.07, 6.45) is 3.37. The molecular formula is C17H18FN5. The zero-order valence-electron chi connectivity index (χ0n) is 13.0. The molecule has 1 N–H and O–H groups in total. The number of nitrogens with zero attached hydrogens (tertiary/aromatic N) is 4. The van der Waals surface area contributed by atoms with Gasteiger partial charge in [-0.3, -0.25) is 0 Å². The summed E-state index contributed by atoms with van der Waals surface area (Å²) < 4.78 is 13.7. The summed E-state index contributed by atoms with van der Waals surface area (Å²) in [4.78, 5) is 10.4. The first-order valence-electron chi connectivity index (χ1n) is 7.66. The maximum atomic E-state index is 13.7. The lowest BCUT2D eigenvalue weighted by molar-refractivity contribution is 0.523. The van der Waals surface area contributed by atoms with Gasteiger partial charge in [-0.05, 0) is 31.9 Å². The number of halogens is 1. The van der Waals surface area contributed by atoms with Gasteiger partial charge in [0.05, 0.1) is 5.69 Å². The molecule has 2 aromatic rings. The molecule has 0 aliphatic carbocycles. The molecular weight excluding hydrogens is 293 g/mol. The number of rotatable bonds is 3. The largest absolute Gasteiger partial charge is 0.370 e. The van der Waals surface area contributed by atoms with Crippen molar-refractivity contribution in [3.63, 3.8) is 0 Å². The summed E-state index contributed by atoms with van der Waals surface area (Å²) in [5.74, 6) is 0.376. The first kappa shape index (κ1) is 15.2. The van der Waals surface area contributed by atoms with Crippen LogP contribution in [0.2, 0.25) is 0 Å². The van der Waals surface area contributed by atoms with E-state index in [2.05, 4.69) is 20.2 Å². The number of anilines is 2. The molecule has 6 heteroatoms. The fraction of sp³-hybridized carbons (Fsp3) is 0.353. The van der Waals surface area contributed by atoms with E-state index < -0.39 is 5.82 Å². The van der Waals surface area contributed by atoms with Crippen LogP contribution in [0.1, 0.15) is 24.1 Å². The molecule has 0 amide bonds. The number of benzene rings is 1. The van der Waals surface area contributed by atoms with E-state index in [1.807, 2.05) is 25.1 Å². The molecule has 0 radical (unpaired) electrons. The normalized spacial score (nSPS) is 15.3. The second-order valence-corrected chi connectivity index (χ2v) is 5.70. The van der Waals surface area contributed by atoms with Crippen molar-refractivity contribution in [3.8, 4) is 6.07 Å². The Morgan fingerprint density at radius 3 is 2.78 bits per heavy atom. The molecule has 1 saturated heterocycles. The fourth-order valence-corrected chi connectivity index (χ4v) is 2.89. The Bertz CT molecular complexity index is 732. The number of hydrogen-bond acceptors (Lipinski definition) is 5. The van der Waals surface area contributed by atoms with E-state index in [1.54, 1.807) is 12.4 Å². The summed E-state index contributed by atoms with van der Waals surface area (Å²) in [6, 6.07) is 9.00. The fourth-order valence-electron chi connectivity index (χ4n) is 2.89. The zero-order valence-corrected chi connectivity index (χ0v) is 13.0. The van der Waals surface area contributed by atoms with Gasteiger partial charge in [0.2, 0.25) is 0 Å². The molecule has 0 atom stereocenters. The van der Waals surface area contributed by atoms with Crippen molar-refractivity contribution < 1.29 is 4.39 Å². The maximum absolute atomic E-state index is 13.7. The van der Waals surface area contributed by atoms with E-state index in [0.29, 0.717) is 11.7 Å². The molecule has 23 heavy (non-hydrogen) atoms. The summed E-state index contributed by atoms with van der Waals surface area (Å²) in [5, 5.41) is 12.6. The van der Waals surface area contributed by atoms with Gasteiger partial charge in [0, 0.05) is 30.9 Å². The van der Waals surface area contributed by atoms with E-state index in [4.69, 9.17) is 5.26 Å². The highest BCUT2D eigenvalue weighted by Crippen LogP contribution is 2.26. The second-order valence-electron chi connectivity index (χ2n) is 5.70. The summed E-state index contributed by atoms with van der Waals surface area (Å²) in [6.45, 7) is 3.49. The van der Waals surface area contributed by atoms with Gasteiger partial charge in [-0.25, -0.2) is 14.4 Å². The topological polar surface area (TPSA) is 64.8 Å². The van der Waals surface area contributed by atoms with Crippen LogP contribution in [0.4, 0.5) is 15.9 Å². The van der Waals surface area contributed by atoms with E-state index in [-0.39, 0.29) is 5.56 Å². The Kier molecular flexibility index (Phi) is 4.38. The molecule has 118 valence electrons. The van der Waals surface area contributed by atoms with E-state index in [9.17, 15) is 4.39 Å². The minimum atomic E-state index is -0.457. The number of nitriles is 1. The van der Waals surface area contributed by atoms with Gasteiger partial charge in [0.1, 0.15) is 29.6 Å². The van der Waals surface area contributed by atoms with Gasteiger partial charge >= 0.3 is 0 Å². The van der Waals surface area contributed by atoms with Crippen LogP contribution in [-0.4, -0.2) is 29.1 Å². The summed E-state index contributed by atoms with van der Waals surface area (Å²) in [7, 11) is 0. The van der Waals surface area contributed by atoms with E-state index >= 15 is 0 Å². The highest BCUT2D eigenvalue weighted by Gasteiger charge is 2.22. The third kappa shape index (κ3) is 3.39. The van der Waals surface area contributed by atoms with Gasteiger partial charge in [0.15, 0.2) is 0 Å². The van der Waals surface area contributed by atoms with Crippen molar-refractivity contribution in [1.29, 1.82) is 5.26 Å². The van der Waals surface area contributed by atoms with Crippen LogP contribution in [0.15, 0.2) is 30.6 Å². The van der Waals surface area contributed by atoms with Crippen LogP contribution < -0.4 is 10.2 Å². The third-order valence-electron chi connectivity index (χ3n) is 4.09. The molecule has 0 spiro atoms. The van der Waals surface area contributed by atoms with Crippen LogP contribution in [0.3, 0.4) is 0 Å². The Balaban J connectivity index is 1.65. The zero-order chi connectivity index (χ0) is 16.2. The van der Waals surface area contributed by atoms with Crippen molar-refractivity contribution in [2.45, 2.75) is 25.8 Å². The molecule has 0 saturated carbocycles. The van der Waals surface area contributed by atoms with Crippen LogP contribution >= 0.6 is 0 Å². The molecule has 1 fully saturated rings. The lowest BCUT2D eigenvalue weighted by Crippen LogP contribution is -2.39. The smallest absolute Gasteiger partial charge is 0.143 e. The van der Waals surface area contributed by atoms with Gasteiger partial charge in [-0.2, -0.15) is 5.26 Å². The predicted molar refractivity (Wildman–Crippen MR) is 86.7 cm³/mol. The highest BCUT2D eigenvalue weighted by atomic mass is 19.1. The van der Waals surface area contributed by atoms with Crippen LogP contribution in [0, 0.1) is 24.1 Å². The average Bonchev–Trinajstić information content (AvgIpc) is 2.55. The number of piperidine rings is 1. The monoisotopic (exact) mass is 311 g/mol. The van der Waals surface area contributed by atoms with Crippen molar-refractivity contribution in [2.24, 2.45) is 0 Å². The molecule has 1 aliphatic rings. The molecule has 2 heterocycles. The van der Waals surface area contributed by atoms with Crippen LogP contribution in [-0.2, 0) is 0 Å². The molecule has 1 aromatic carbocycles. The Morgan fingerprint density at radius 1 is 1.30 bits per heavy atom. The molecule has 5 nitrogen and oxygen atoms in total. The van der Waals surface area contributed by atoms with E-state index in [1.165, 1.54) is 6.07 Å². The van der Waals surface area contributed by atoms with Gasteiger partial charge < -0.3 is 10.2 Å². The van der Waals surface area contributed by atoms with Crippen molar-refractivity contribution in [2.75, 3.05) is 23.3 Å². The Morgan fingerprint density at radius 2 is 2.09 bits per heavy atom. The standard InChI is InChI=1S/C17H18FN5/c1-12-9-17(21-11-20-12)22-13-5-7-23(8-6-13)16-4-2-3-15(18)14(16)10-19/h2-4,9,11,13H,5-8H2,1H3,(H,20,21,22). The number of hydrogen-bond donors (Lipinski definition) is 1. The number of aryl methyl sites for hydroxylation is 1. The number of aromatic nitrogens is 2. The first-order chi connectivity index (χ1) is 11.2. The van der Waals surface area contributed by atoms with E-state index in [0.717, 1.165) is 37.4 Å². The maximum Gasteiger partial charge on any atom is 0.143 e. The van der Waals surface area contributed by atoms with Crippen LogP contribution in [0.5, 0.6) is 0 Å². The number of nitrogens with one attached hydrogen (secondary N) is 1. The summed E-state index contributed by atoms with van der Waals surface area (Å²) >= 11 is 0. The van der Waals surface area contributed by atoms with Crippen molar-refractivity contribution in [3.05, 3.63) is 47.7 Å². The SMILES string of the molecule is Cc1cc(NC2CCN(c3cccc(F)c3C#N)CC2)ncn1. The van der Waals surface area contributed by atoms with Gasteiger partial charge in [-0.15, -0.1) is 0 Å². The molecule has 3 rings (SSSR count). The quantitative estimate of drug-likeness (QED) is 0.944. The van der Waals surface area contributed by atoms with Crippen LogP contribution in [0.25, 0.3) is 0 Å². The predicted octanol–water partition coefficient (Wildman–Crippen LogP) is 2.88. The Labute approximate surface area is 134 Å². The minimum absolute atomic E-state index is 0.130. The Hall–Kier alpha value is -2.68. The molecule has 0 bridgehead atoms.